The Labute approximate surface area is 114 Å². The molecule has 8 nitrogen and oxygen atoms in total. The number of ether oxygens (including phenoxy) is 1. The fraction of sp³-hybridized carbons (Fsp3) is 0.500. The summed E-state index contributed by atoms with van der Waals surface area (Å²) in [7, 11) is 0. The van der Waals surface area contributed by atoms with E-state index in [1.165, 1.54) is 12.5 Å². The van der Waals surface area contributed by atoms with Gasteiger partial charge in [0.2, 0.25) is 0 Å². The van der Waals surface area contributed by atoms with Crippen LogP contribution in [-0.2, 0) is 11.2 Å². The molecular weight excluding hydrogens is 262 g/mol. The first-order chi connectivity index (χ1) is 9.83. The molecule has 3 rings (SSSR count). The summed E-state index contributed by atoms with van der Waals surface area (Å²) in [5.41, 5.74) is 0.429. The molecule has 1 atom stereocenters. The molecule has 2 N–H and O–H groups in total. The van der Waals surface area contributed by atoms with Crippen molar-refractivity contribution in [2.75, 3.05) is 13.2 Å². The smallest absolute Gasteiger partial charge is 0.269 e. The lowest BCUT2D eigenvalue weighted by Crippen LogP contribution is -2.26. The first-order valence-corrected chi connectivity index (χ1v) is 6.53. The zero-order chi connectivity index (χ0) is 13.8. The highest BCUT2D eigenvalue weighted by Gasteiger charge is 2.23. The Morgan fingerprint density at radius 2 is 2.50 bits per heavy atom. The normalized spacial score (nSPS) is 18.3. The summed E-state index contributed by atoms with van der Waals surface area (Å²) in [4.78, 5) is 22.4. The van der Waals surface area contributed by atoms with Crippen molar-refractivity contribution >= 4 is 5.91 Å². The van der Waals surface area contributed by atoms with Crippen LogP contribution in [0.1, 0.15) is 41.1 Å². The van der Waals surface area contributed by atoms with Gasteiger partial charge in [0.05, 0.1) is 12.5 Å². The highest BCUT2D eigenvalue weighted by atomic mass is 16.5. The lowest BCUT2D eigenvalue weighted by molar-refractivity contribution is 0.0835. The number of H-pyrrole nitrogens is 1. The molecule has 1 aliphatic rings. The number of imidazole rings is 1. The topological polar surface area (TPSA) is 106 Å². The van der Waals surface area contributed by atoms with Crippen molar-refractivity contribution in [3.05, 3.63) is 29.9 Å². The molecule has 0 spiro atoms. The first-order valence-electron chi connectivity index (χ1n) is 6.53. The van der Waals surface area contributed by atoms with Gasteiger partial charge in [-0.2, -0.15) is 4.98 Å². The number of amides is 1. The largest absolute Gasteiger partial charge is 0.368 e. The second kappa shape index (κ2) is 5.83. The maximum Gasteiger partial charge on any atom is 0.269 e. The van der Waals surface area contributed by atoms with E-state index in [1.807, 2.05) is 0 Å². The minimum atomic E-state index is -0.203. The van der Waals surface area contributed by atoms with E-state index in [4.69, 9.17) is 9.26 Å². The van der Waals surface area contributed by atoms with E-state index in [1.54, 1.807) is 0 Å². The Morgan fingerprint density at radius 3 is 3.25 bits per heavy atom. The van der Waals surface area contributed by atoms with Gasteiger partial charge in [0.25, 0.3) is 11.8 Å². The Morgan fingerprint density at radius 1 is 1.55 bits per heavy atom. The summed E-state index contributed by atoms with van der Waals surface area (Å²) in [5.74, 6) is 0.892. The average molecular weight is 277 g/mol. The van der Waals surface area contributed by atoms with Gasteiger partial charge in [-0.3, -0.25) is 4.79 Å². The number of rotatable bonds is 5. The lowest BCUT2D eigenvalue weighted by atomic mass is 10.2. The highest BCUT2D eigenvalue weighted by molar-refractivity contribution is 5.91. The zero-order valence-electron chi connectivity index (χ0n) is 10.8. The number of aromatic amines is 1. The fourth-order valence-corrected chi connectivity index (χ4v) is 2.04. The van der Waals surface area contributed by atoms with Crippen LogP contribution < -0.4 is 5.32 Å². The number of hydrogen-bond acceptors (Lipinski definition) is 6. The van der Waals surface area contributed by atoms with Crippen molar-refractivity contribution in [3.8, 4) is 0 Å². The van der Waals surface area contributed by atoms with Crippen LogP contribution in [0.3, 0.4) is 0 Å². The third-order valence-corrected chi connectivity index (χ3v) is 3.07. The molecule has 0 aliphatic carbocycles. The van der Waals surface area contributed by atoms with Crippen molar-refractivity contribution < 1.29 is 14.1 Å². The summed E-state index contributed by atoms with van der Waals surface area (Å²) in [6.45, 7) is 1.17. The third kappa shape index (κ3) is 2.85. The Bertz CT molecular complexity index is 559. The molecule has 106 valence electrons. The van der Waals surface area contributed by atoms with Crippen molar-refractivity contribution in [2.24, 2.45) is 0 Å². The van der Waals surface area contributed by atoms with Crippen LogP contribution in [0.5, 0.6) is 0 Å². The van der Waals surface area contributed by atoms with Crippen LogP contribution in [0.4, 0.5) is 0 Å². The molecule has 20 heavy (non-hydrogen) atoms. The summed E-state index contributed by atoms with van der Waals surface area (Å²) in [5, 5.41) is 6.63. The predicted molar refractivity (Wildman–Crippen MR) is 66.8 cm³/mol. The molecule has 0 unspecified atom stereocenters. The number of nitrogens with one attached hydrogen (secondary N) is 2. The van der Waals surface area contributed by atoms with Gasteiger partial charge in [-0.15, -0.1) is 0 Å². The van der Waals surface area contributed by atoms with Gasteiger partial charge in [-0.25, -0.2) is 4.98 Å². The van der Waals surface area contributed by atoms with Crippen LogP contribution in [0.2, 0.25) is 0 Å². The minimum Gasteiger partial charge on any atom is -0.368 e. The minimum absolute atomic E-state index is 0.0733. The monoisotopic (exact) mass is 277 g/mol. The molecule has 0 saturated carbocycles. The number of carbonyl (C=O) groups excluding carboxylic acids is 1. The second-order valence-electron chi connectivity index (χ2n) is 4.52. The molecule has 1 aliphatic heterocycles. The van der Waals surface area contributed by atoms with E-state index in [2.05, 4.69) is 25.4 Å². The molecule has 0 bridgehead atoms. The lowest BCUT2D eigenvalue weighted by Gasteiger charge is -2.01. The summed E-state index contributed by atoms with van der Waals surface area (Å²) in [6, 6.07) is 0. The van der Waals surface area contributed by atoms with Gasteiger partial charge in [0.1, 0.15) is 11.8 Å². The quantitative estimate of drug-likeness (QED) is 0.829. The maximum absolute atomic E-state index is 11.6. The molecule has 0 aromatic carbocycles. The Hall–Kier alpha value is -2.22. The van der Waals surface area contributed by atoms with E-state index in [0.29, 0.717) is 30.4 Å². The van der Waals surface area contributed by atoms with E-state index >= 15 is 0 Å². The molecule has 1 amide bonds. The summed E-state index contributed by atoms with van der Waals surface area (Å²) < 4.78 is 10.6. The van der Waals surface area contributed by atoms with Gasteiger partial charge in [-0.1, -0.05) is 5.16 Å². The van der Waals surface area contributed by atoms with E-state index in [-0.39, 0.29) is 12.0 Å². The third-order valence-electron chi connectivity index (χ3n) is 3.07. The van der Waals surface area contributed by atoms with Crippen LogP contribution in [0, 0.1) is 0 Å². The van der Waals surface area contributed by atoms with E-state index in [0.717, 1.165) is 19.4 Å². The maximum atomic E-state index is 11.6. The number of nitrogens with zero attached hydrogens (tertiary/aromatic N) is 3. The molecule has 2 aromatic heterocycles. The molecular formula is C12H15N5O3. The van der Waals surface area contributed by atoms with Crippen molar-refractivity contribution in [1.82, 2.24) is 25.4 Å². The van der Waals surface area contributed by atoms with E-state index < -0.39 is 0 Å². The molecule has 8 heteroatoms. The van der Waals surface area contributed by atoms with Crippen LogP contribution in [0.15, 0.2) is 17.0 Å². The van der Waals surface area contributed by atoms with Crippen molar-refractivity contribution in [2.45, 2.75) is 25.4 Å². The van der Waals surface area contributed by atoms with Gasteiger partial charge in [0, 0.05) is 19.6 Å². The number of aromatic nitrogens is 4. The van der Waals surface area contributed by atoms with Crippen molar-refractivity contribution in [3.63, 3.8) is 0 Å². The molecule has 0 radical (unpaired) electrons. The highest BCUT2D eigenvalue weighted by Crippen LogP contribution is 2.26. The van der Waals surface area contributed by atoms with Gasteiger partial charge in [-0.05, 0) is 12.8 Å². The number of carbonyl (C=O) groups is 1. The summed E-state index contributed by atoms with van der Waals surface area (Å²) in [6.07, 6.45) is 5.30. The van der Waals surface area contributed by atoms with Gasteiger partial charge < -0.3 is 19.6 Å². The first kappa shape index (κ1) is 12.8. The van der Waals surface area contributed by atoms with E-state index in [9.17, 15) is 4.79 Å². The van der Waals surface area contributed by atoms with Crippen molar-refractivity contribution in [1.29, 1.82) is 0 Å². The number of hydrogen-bond donors (Lipinski definition) is 2. The molecule has 1 saturated heterocycles. The Balaban J connectivity index is 1.48. The molecule has 3 heterocycles. The molecule has 1 fully saturated rings. The zero-order valence-corrected chi connectivity index (χ0v) is 10.8. The van der Waals surface area contributed by atoms with Gasteiger partial charge >= 0.3 is 0 Å². The Kier molecular flexibility index (Phi) is 3.73. The predicted octanol–water partition coefficient (Wildman–Crippen LogP) is 0.617. The average Bonchev–Trinajstić information content (AvgIpc) is 3.20. The summed E-state index contributed by atoms with van der Waals surface area (Å²) >= 11 is 0. The van der Waals surface area contributed by atoms with Crippen LogP contribution in [0.25, 0.3) is 0 Å². The van der Waals surface area contributed by atoms with Gasteiger partial charge in [0.15, 0.2) is 5.82 Å². The fourth-order valence-electron chi connectivity index (χ4n) is 2.04. The van der Waals surface area contributed by atoms with Crippen LogP contribution >= 0.6 is 0 Å². The SMILES string of the molecule is O=C(NCCc1noc([C@H]2CCCO2)n1)c1cnc[nH]1. The van der Waals surface area contributed by atoms with Crippen LogP contribution in [-0.4, -0.2) is 39.2 Å². The second-order valence-corrected chi connectivity index (χ2v) is 4.52. The molecule has 2 aromatic rings. The standard InChI is InChI=1S/C12H15N5O3/c18-11(8-6-13-7-15-8)14-4-3-10-16-12(20-17-10)9-2-1-5-19-9/h6-7,9H,1-5H2,(H,13,15)(H,14,18)/t9-/m1/s1.